The SMILES string of the molecule is CCCn1cc(C2=CC3COCC(C2)N3C(=O)OC(C)(C)C)cn1. The van der Waals surface area contributed by atoms with E-state index < -0.39 is 5.60 Å². The minimum atomic E-state index is -0.489. The Morgan fingerprint density at radius 1 is 1.42 bits per heavy atom. The molecule has 0 N–H and O–H groups in total. The van der Waals surface area contributed by atoms with Gasteiger partial charge in [-0.1, -0.05) is 13.0 Å². The van der Waals surface area contributed by atoms with Crippen molar-refractivity contribution in [3.05, 3.63) is 24.0 Å². The van der Waals surface area contributed by atoms with E-state index in [9.17, 15) is 4.79 Å². The molecule has 24 heavy (non-hydrogen) atoms. The van der Waals surface area contributed by atoms with Crippen molar-refractivity contribution in [2.75, 3.05) is 13.2 Å². The van der Waals surface area contributed by atoms with Crippen molar-refractivity contribution in [2.45, 2.75) is 64.8 Å². The van der Waals surface area contributed by atoms with E-state index in [4.69, 9.17) is 9.47 Å². The van der Waals surface area contributed by atoms with Gasteiger partial charge in [-0.25, -0.2) is 4.79 Å². The summed E-state index contributed by atoms with van der Waals surface area (Å²) in [6, 6.07) is -0.0509. The standard InChI is InChI=1S/C18H27N3O3/c1-5-6-20-10-14(9-19-20)13-7-15-11-23-12-16(8-13)21(15)17(22)24-18(2,3)4/h7,9-10,15-16H,5-6,8,11-12H2,1-4H3. The summed E-state index contributed by atoms with van der Waals surface area (Å²) in [5.41, 5.74) is 1.90. The van der Waals surface area contributed by atoms with E-state index >= 15 is 0 Å². The van der Waals surface area contributed by atoms with Crippen LogP contribution in [0.1, 0.15) is 46.1 Å². The predicted molar refractivity (Wildman–Crippen MR) is 91.6 cm³/mol. The molecule has 3 rings (SSSR count). The average Bonchev–Trinajstić information content (AvgIpc) is 2.93. The van der Waals surface area contributed by atoms with Crippen LogP contribution in [0.5, 0.6) is 0 Å². The number of aryl methyl sites for hydroxylation is 1. The Kier molecular flexibility index (Phi) is 4.67. The van der Waals surface area contributed by atoms with Gasteiger partial charge < -0.3 is 9.47 Å². The Hall–Kier alpha value is -1.82. The highest BCUT2D eigenvalue weighted by Gasteiger charge is 2.40. The summed E-state index contributed by atoms with van der Waals surface area (Å²) in [4.78, 5) is 14.4. The third-order valence-electron chi connectivity index (χ3n) is 4.26. The number of amides is 1. The smallest absolute Gasteiger partial charge is 0.411 e. The first kappa shape index (κ1) is 17.0. The highest BCUT2D eigenvalue weighted by atomic mass is 16.6. The quantitative estimate of drug-likeness (QED) is 0.853. The molecule has 1 aromatic rings. The second-order valence-electron chi connectivity index (χ2n) is 7.53. The number of ether oxygens (including phenoxy) is 2. The number of aromatic nitrogens is 2. The molecule has 2 atom stereocenters. The lowest BCUT2D eigenvalue weighted by Gasteiger charge is -2.44. The topological polar surface area (TPSA) is 56.6 Å². The molecule has 0 radical (unpaired) electrons. The van der Waals surface area contributed by atoms with E-state index in [0.29, 0.717) is 13.2 Å². The normalized spacial score (nSPS) is 23.8. The van der Waals surface area contributed by atoms with Crippen molar-refractivity contribution in [3.8, 4) is 0 Å². The fourth-order valence-electron chi connectivity index (χ4n) is 3.29. The van der Waals surface area contributed by atoms with E-state index in [1.54, 1.807) is 0 Å². The van der Waals surface area contributed by atoms with Gasteiger partial charge in [0.05, 0.1) is 31.5 Å². The fraction of sp³-hybridized carbons (Fsp3) is 0.667. The minimum absolute atomic E-state index is 0.0214. The van der Waals surface area contributed by atoms with Crippen molar-refractivity contribution >= 4 is 11.7 Å². The molecule has 3 heterocycles. The number of carbonyl (C=O) groups is 1. The second-order valence-corrected chi connectivity index (χ2v) is 7.53. The summed E-state index contributed by atoms with van der Waals surface area (Å²) in [6.45, 7) is 9.81. The Balaban J connectivity index is 1.80. The molecular weight excluding hydrogens is 306 g/mol. The monoisotopic (exact) mass is 333 g/mol. The van der Waals surface area contributed by atoms with Crippen LogP contribution in [0.15, 0.2) is 18.5 Å². The van der Waals surface area contributed by atoms with E-state index in [2.05, 4.69) is 24.3 Å². The highest BCUT2D eigenvalue weighted by Crippen LogP contribution is 2.33. The molecule has 2 aliphatic heterocycles. The Morgan fingerprint density at radius 2 is 2.21 bits per heavy atom. The number of fused-ring (bicyclic) bond motifs is 2. The van der Waals surface area contributed by atoms with Crippen LogP contribution in [-0.4, -0.2) is 51.7 Å². The third kappa shape index (κ3) is 3.64. The molecule has 6 nitrogen and oxygen atoms in total. The van der Waals surface area contributed by atoms with Crippen LogP contribution in [0, 0.1) is 0 Å². The maximum atomic E-state index is 12.6. The number of hydrogen-bond acceptors (Lipinski definition) is 4. The zero-order valence-electron chi connectivity index (χ0n) is 15.0. The first-order valence-electron chi connectivity index (χ1n) is 8.70. The molecular formula is C18H27N3O3. The zero-order chi connectivity index (χ0) is 17.3. The maximum absolute atomic E-state index is 12.6. The fourth-order valence-corrected chi connectivity index (χ4v) is 3.29. The van der Waals surface area contributed by atoms with Crippen LogP contribution >= 0.6 is 0 Å². The zero-order valence-corrected chi connectivity index (χ0v) is 15.0. The highest BCUT2D eigenvalue weighted by molar-refractivity contribution is 5.74. The van der Waals surface area contributed by atoms with E-state index in [0.717, 1.165) is 24.9 Å². The average molecular weight is 333 g/mol. The lowest BCUT2D eigenvalue weighted by atomic mass is 9.91. The van der Waals surface area contributed by atoms with Crippen molar-refractivity contribution in [2.24, 2.45) is 0 Å². The lowest BCUT2D eigenvalue weighted by Crippen LogP contribution is -2.57. The molecule has 1 saturated heterocycles. The summed E-state index contributed by atoms with van der Waals surface area (Å²) in [5.74, 6) is 0. The van der Waals surface area contributed by atoms with Crippen molar-refractivity contribution < 1.29 is 14.3 Å². The van der Waals surface area contributed by atoms with Gasteiger partial charge in [-0.3, -0.25) is 9.58 Å². The number of hydrogen-bond donors (Lipinski definition) is 0. The van der Waals surface area contributed by atoms with Gasteiger partial charge in [0.2, 0.25) is 0 Å². The molecule has 0 aliphatic carbocycles. The molecule has 1 fully saturated rings. The van der Waals surface area contributed by atoms with Gasteiger partial charge in [0.15, 0.2) is 0 Å². The van der Waals surface area contributed by atoms with Crippen LogP contribution in [-0.2, 0) is 16.0 Å². The summed E-state index contributed by atoms with van der Waals surface area (Å²) in [7, 11) is 0. The summed E-state index contributed by atoms with van der Waals surface area (Å²) < 4.78 is 13.2. The lowest BCUT2D eigenvalue weighted by molar-refractivity contribution is -0.0510. The van der Waals surface area contributed by atoms with Crippen LogP contribution in [0.4, 0.5) is 4.79 Å². The molecule has 1 aromatic heterocycles. The Bertz CT molecular complexity index is 630. The summed E-state index contributed by atoms with van der Waals surface area (Å²) >= 11 is 0. The van der Waals surface area contributed by atoms with Gasteiger partial charge in [0.25, 0.3) is 0 Å². The first-order valence-corrected chi connectivity index (χ1v) is 8.70. The van der Waals surface area contributed by atoms with Crippen molar-refractivity contribution in [1.82, 2.24) is 14.7 Å². The number of carbonyl (C=O) groups excluding carboxylic acids is 1. The van der Waals surface area contributed by atoms with E-state index in [1.165, 1.54) is 5.57 Å². The van der Waals surface area contributed by atoms with Crippen molar-refractivity contribution in [1.29, 1.82) is 0 Å². The van der Waals surface area contributed by atoms with E-state index in [1.807, 2.05) is 36.5 Å². The molecule has 0 spiro atoms. The van der Waals surface area contributed by atoms with Crippen LogP contribution in [0.2, 0.25) is 0 Å². The molecule has 1 amide bonds. The molecule has 0 aromatic carbocycles. The molecule has 132 valence electrons. The van der Waals surface area contributed by atoms with Crippen LogP contribution in [0.25, 0.3) is 5.57 Å². The third-order valence-corrected chi connectivity index (χ3v) is 4.26. The van der Waals surface area contributed by atoms with Crippen LogP contribution in [0.3, 0.4) is 0 Å². The molecule has 0 saturated carbocycles. The van der Waals surface area contributed by atoms with Gasteiger partial charge in [0.1, 0.15) is 5.60 Å². The predicted octanol–water partition coefficient (Wildman–Crippen LogP) is 3.08. The van der Waals surface area contributed by atoms with Crippen LogP contribution < -0.4 is 0 Å². The maximum Gasteiger partial charge on any atom is 0.411 e. The Morgan fingerprint density at radius 3 is 2.88 bits per heavy atom. The summed E-state index contributed by atoms with van der Waals surface area (Å²) in [5, 5.41) is 4.42. The van der Waals surface area contributed by atoms with Gasteiger partial charge in [0, 0.05) is 18.3 Å². The molecule has 6 heteroatoms. The Labute approximate surface area is 143 Å². The number of rotatable bonds is 3. The largest absolute Gasteiger partial charge is 0.444 e. The molecule has 2 unspecified atom stereocenters. The van der Waals surface area contributed by atoms with Gasteiger partial charge in [-0.15, -0.1) is 0 Å². The minimum Gasteiger partial charge on any atom is -0.444 e. The van der Waals surface area contributed by atoms with E-state index in [-0.39, 0.29) is 18.2 Å². The number of nitrogens with zero attached hydrogens (tertiary/aromatic N) is 3. The summed E-state index contributed by atoms with van der Waals surface area (Å²) in [6.07, 6.45) is 7.72. The van der Waals surface area contributed by atoms with Gasteiger partial charge in [-0.2, -0.15) is 5.10 Å². The second kappa shape index (κ2) is 6.59. The number of morpholine rings is 1. The van der Waals surface area contributed by atoms with Gasteiger partial charge in [-0.05, 0) is 39.2 Å². The first-order chi connectivity index (χ1) is 11.4. The molecule has 2 bridgehead atoms. The van der Waals surface area contributed by atoms with Crippen molar-refractivity contribution in [3.63, 3.8) is 0 Å². The van der Waals surface area contributed by atoms with Gasteiger partial charge >= 0.3 is 6.09 Å². The molecule has 2 aliphatic rings.